The molecule has 0 aliphatic rings. The molecule has 0 saturated carbocycles. The molecule has 0 N–H and O–H groups in total. The summed E-state index contributed by atoms with van der Waals surface area (Å²) >= 11 is 15.8. The maximum Gasteiger partial charge on any atom is 0.0465 e. The largest absolute Gasteiger partial charge is 0.297 e. The molecule has 1 nitrogen and oxygen atoms in total. The van der Waals surface area contributed by atoms with Gasteiger partial charge in [-0.25, -0.2) is 0 Å². The van der Waals surface area contributed by atoms with Crippen LogP contribution in [0.1, 0.15) is 25.8 Å². The van der Waals surface area contributed by atoms with Gasteiger partial charge in [0.15, 0.2) is 0 Å². The molecule has 0 atom stereocenters. The van der Waals surface area contributed by atoms with Gasteiger partial charge in [-0.3, -0.25) is 4.90 Å². The minimum atomic E-state index is 0.487. The predicted octanol–water partition coefficient (Wildman–Crippen LogP) is 4.99. The highest BCUT2D eigenvalue weighted by molar-refractivity contribution is 9.09. The molecule has 0 aliphatic carbocycles. The molecule has 0 spiro atoms. The summed E-state index contributed by atoms with van der Waals surface area (Å²) in [6, 6.07) is 6.16. The molecule has 0 saturated heterocycles. The van der Waals surface area contributed by atoms with Gasteiger partial charge in [0.25, 0.3) is 0 Å². The van der Waals surface area contributed by atoms with Crippen LogP contribution >= 0.6 is 39.1 Å². The van der Waals surface area contributed by atoms with Gasteiger partial charge >= 0.3 is 0 Å². The van der Waals surface area contributed by atoms with Crippen molar-refractivity contribution in [3.63, 3.8) is 0 Å². The minimum absolute atomic E-state index is 0.487. The van der Waals surface area contributed by atoms with Crippen LogP contribution in [-0.2, 0) is 6.54 Å². The van der Waals surface area contributed by atoms with E-state index in [0.717, 1.165) is 40.4 Å². The van der Waals surface area contributed by atoms with Crippen LogP contribution in [0.2, 0.25) is 10.0 Å². The van der Waals surface area contributed by atoms with E-state index >= 15 is 0 Å². The second-order valence-electron chi connectivity index (χ2n) is 4.31. The maximum absolute atomic E-state index is 6.19. The second-order valence-corrected chi connectivity index (χ2v) is 5.91. The lowest BCUT2D eigenvalue weighted by atomic mass is 10.1. The Bertz CT molecular complexity index is 335. The Hall–Kier alpha value is 0.240. The Balaban J connectivity index is 2.78. The van der Waals surface area contributed by atoms with Crippen molar-refractivity contribution in [2.45, 2.75) is 32.9 Å². The van der Waals surface area contributed by atoms with E-state index in [4.69, 9.17) is 23.2 Å². The van der Waals surface area contributed by atoms with Crippen LogP contribution in [-0.4, -0.2) is 22.8 Å². The van der Waals surface area contributed by atoms with Crippen molar-refractivity contribution in [3.05, 3.63) is 33.8 Å². The summed E-state index contributed by atoms with van der Waals surface area (Å²) in [5.74, 6) is 0. The third-order valence-electron chi connectivity index (χ3n) is 2.73. The standard InChI is InChI=1S/C13H18BrCl2N/c1-10(2)17(8-4-7-14)9-11-12(15)5-3-6-13(11)16/h3,5-6,10H,4,7-9H2,1-2H3. The SMILES string of the molecule is CC(C)N(CCCBr)Cc1c(Cl)cccc1Cl. The Morgan fingerprint density at radius 2 is 1.82 bits per heavy atom. The highest BCUT2D eigenvalue weighted by Crippen LogP contribution is 2.26. The van der Waals surface area contributed by atoms with Crippen molar-refractivity contribution in [2.75, 3.05) is 11.9 Å². The first-order valence-electron chi connectivity index (χ1n) is 5.79. The molecular weight excluding hydrogens is 321 g/mol. The smallest absolute Gasteiger partial charge is 0.0465 e. The van der Waals surface area contributed by atoms with E-state index in [1.807, 2.05) is 18.2 Å². The lowest BCUT2D eigenvalue weighted by Gasteiger charge is -2.27. The Morgan fingerprint density at radius 1 is 1.24 bits per heavy atom. The third-order valence-corrected chi connectivity index (χ3v) is 4.00. The molecule has 17 heavy (non-hydrogen) atoms. The average Bonchev–Trinajstić information content (AvgIpc) is 2.27. The summed E-state index contributed by atoms with van der Waals surface area (Å²) in [4.78, 5) is 2.38. The van der Waals surface area contributed by atoms with Crippen molar-refractivity contribution >= 4 is 39.1 Å². The zero-order valence-electron chi connectivity index (χ0n) is 10.2. The highest BCUT2D eigenvalue weighted by atomic mass is 79.9. The van der Waals surface area contributed by atoms with Crippen molar-refractivity contribution in [1.82, 2.24) is 4.90 Å². The molecule has 0 heterocycles. The monoisotopic (exact) mass is 337 g/mol. The number of hydrogen-bond acceptors (Lipinski definition) is 1. The molecule has 0 fully saturated rings. The van der Waals surface area contributed by atoms with Crippen LogP contribution in [0.3, 0.4) is 0 Å². The van der Waals surface area contributed by atoms with E-state index in [1.165, 1.54) is 0 Å². The Morgan fingerprint density at radius 3 is 2.29 bits per heavy atom. The van der Waals surface area contributed by atoms with Crippen molar-refractivity contribution in [3.8, 4) is 0 Å². The molecule has 0 bridgehead atoms. The third kappa shape index (κ3) is 4.78. The molecule has 4 heteroatoms. The minimum Gasteiger partial charge on any atom is -0.297 e. The topological polar surface area (TPSA) is 3.24 Å². The van der Waals surface area contributed by atoms with E-state index in [0.29, 0.717) is 6.04 Å². The van der Waals surface area contributed by atoms with Gasteiger partial charge in [-0.05, 0) is 38.9 Å². The molecule has 1 aromatic carbocycles. The Kier molecular flexibility index (Phi) is 6.86. The number of alkyl halides is 1. The molecule has 1 rings (SSSR count). The first-order chi connectivity index (χ1) is 8.06. The quantitative estimate of drug-likeness (QED) is 0.660. The summed E-state index contributed by atoms with van der Waals surface area (Å²) in [7, 11) is 0. The van der Waals surface area contributed by atoms with Gasteiger partial charge in [0, 0.05) is 33.5 Å². The van der Waals surface area contributed by atoms with E-state index in [-0.39, 0.29) is 0 Å². The predicted molar refractivity (Wildman–Crippen MR) is 80.4 cm³/mol. The van der Waals surface area contributed by atoms with E-state index in [2.05, 4.69) is 34.7 Å². The zero-order chi connectivity index (χ0) is 12.8. The van der Waals surface area contributed by atoms with Crippen LogP contribution in [0.15, 0.2) is 18.2 Å². The van der Waals surface area contributed by atoms with Crippen LogP contribution in [0.4, 0.5) is 0 Å². The van der Waals surface area contributed by atoms with Gasteiger partial charge in [0.05, 0.1) is 0 Å². The normalized spacial score (nSPS) is 11.5. The molecule has 96 valence electrons. The van der Waals surface area contributed by atoms with Crippen molar-refractivity contribution < 1.29 is 0 Å². The van der Waals surface area contributed by atoms with Gasteiger partial charge in [-0.15, -0.1) is 0 Å². The fourth-order valence-corrected chi connectivity index (χ4v) is 2.44. The maximum atomic E-state index is 6.19. The van der Waals surface area contributed by atoms with Crippen molar-refractivity contribution in [2.24, 2.45) is 0 Å². The first kappa shape index (κ1) is 15.3. The molecule has 1 aromatic rings. The summed E-state index contributed by atoms with van der Waals surface area (Å²) < 4.78 is 0. The number of hydrogen-bond donors (Lipinski definition) is 0. The highest BCUT2D eigenvalue weighted by Gasteiger charge is 2.13. The van der Waals surface area contributed by atoms with Gasteiger partial charge in [0.1, 0.15) is 0 Å². The van der Waals surface area contributed by atoms with Gasteiger partial charge in [0.2, 0.25) is 0 Å². The zero-order valence-corrected chi connectivity index (χ0v) is 13.3. The van der Waals surface area contributed by atoms with Crippen LogP contribution in [0.25, 0.3) is 0 Å². The van der Waals surface area contributed by atoms with E-state index in [9.17, 15) is 0 Å². The number of halogens is 3. The van der Waals surface area contributed by atoms with Gasteiger partial charge < -0.3 is 0 Å². The summed E-state index contributed by atoms with van der Waals surface area (Å²) in [6.07, 6.45) is 1.13. The Labute approximate surface area is 122 Å². The summed E-state index contributed by atoms with van der Waals surface area (Å²) in [6.45, 7) is 6.24. The van der Waals surface area contributed by atoms with Crippen LogP contribution < -0.4 is 0 Å². The molecule has 0 radical (unpaired) electrons. The summed E-state index contributed by atoms with van der Waals surface area (Å²) in [5.41, 5.74) is 1.03. The molecule has 0 unspecified atom stereocenters. The number of benzene rings is 1. The summed E-state index contributed by atoms with van der Waals surface area (Å²) in [5, 5.41) is 2.52. The van der Waals surface area contributed by atoms with E-state index in [1.54, 1.807) is 0 Å². The molecule has 0 aliphatic heterocycles. The van der Waals surface area contributed by atoms with Gasteiger partial charge in [-0.1, -0.05) is 45.2 Å². The van der Waals surface area contributed by atoms with Crippen molar-refractivity contribution in [1.29, 1.82) is 0 Å². The van der Waals surface area contributed by atoms with Gasteiger partial charge in [-0.2, -0.15) is 0 Å². The molecule has 0 amide bonds. The van der Waals surface area contributed by atoms with Crippen LogP contribution in [0.5, 0.6) is 0 Å². The number of rotatable bonds is 6. The first-order valence-corrected chi connectivity index (χ1v) is 7.67. The average molecular weight is 339 g/mol. The second kappa shape index (κ2) is 7.63. The lowest BCUT2D eigenvalue weighted by Crippen LogP contribution is -2.31. The van der Waals surface area contributed by atoms with E-state index < -0.39 is 0 Å². The fraction of sp³-hybridized carbons (Fsp3) is 0.538. The number of nitrogens with zero attached hydrogens (tertiary/aromatic N) is 1. The fourth-order valence-electron chi connectivity index (χ4n) is 1.67. The molecule has 0 aromatic heterocycles. The van der Waals surface area contributed by atoms with Crippen LogP contribution in [0, 0.1) is 0 Å². The molecular formula is C13H18BrCl2N. The lowest BCUT2D eigenvalue weighted by molar-refractivity contribution is 0.214.